The molecule has 0 bridgehead atoms. The molecule has 1 fully saturated rings. The van der Waals surface area contributed by atoms with E-state index >= 15 is 0 Å². The Labute approximate surface area is 168 Å². The molecule has 0 N–H and O–H groups in total. The van der Waals surface area contributed by atoms with Crippen LogP contribution in [0.3, 0.4) is 0 Å². The number of halogens is 3. The average molecular weight is 429 g/mol. The number of hydrogen-bond donors (Lipinski definition) is 0. The highest BCUT2D eigenvalue weighted by atomic mass is 32.2. The molecule has 1 aliphatic heterocycles. The van der Waals surface area contributed by atoms with Gasteiger partial charge in [-0.05, 0) is 54.8 Å². The van der Waals surface area contributed by atoms with Crippen molar-refractivity contribution in [2.45, 2.75) is 31.0 Å². The molecule has 0 aliphatic carbocycles. The Morgan fingerprint density at radius 3 is 2.31 bits per heavy atom. The lowest BCUT2D eigenvalue weighted by Crippen LogP contribution is -2.42. The van der Waals surface area contributed by atoms with Gasteiger partial charge in [0.25, 0.3) is 0 Å². The molecule has 0 spiro atoms. The van der Waals surface area contributed by atoms with Crippen molar-refractivity contribution >= 4 is 10.0 Å². The van der Waals surface area contributed by atoms with E-state index in [9.17, 15) is 21.6 Å². The monoisotopic (exact) mass is 429 g/mol. The van der Waals surface area contributed by atoms with Crippen LogP contribution in [0.5, 0.6) is 5.75 Å². The zero-order valence-electron chi connectivity index (χ0n) is 16.3. The van der Waals surface area contributed by atoms with Crippen LogP contribution in [-0.2, 0) is 20.9 Å². The number of benzene rings is 2. The molecule has 0 aromatic heterocycles. The molecule has 3 rings (SSSR count). The van der Waals surface area contributed by atoms with E-state index in [0.29, 0.717) is 5.56 Å². The quantitative estimate of drug-likeness (QED) is 0.735. The third-order valence-electron chi connectivity index (χ3n) is 5.04. The van der Waals surface area contributed by atoms with Gasteiger partial charge in [0.1, 0.15) is 10.6 Å². The summed E-state index contributed by atoms with van der Waals surface area (Å²) in [5, 5.41) is 0. The van der Waals surface area contributed by atoms with Gasteiger partial charge in [-0.1, -0.05) is 12.1 Å². The second-order valence-corrected chi connectivity index (χ2v) is 8.84. The molecule has 5 nitrogen and oxygen atoms in total. The molecule has 9 heteroatoms. The summed E-state index contributed by atoms with van der Waals surface area (Å²) >= 11 is 0. The number of ether oxygens (including phenoxy) is 2. The standard InChI is InChI=1S/C20H22F3NO4S/c1-13-10-17(27-3)19(11-14(13)2)29(25,26)24-8-9-28-18(12-24)15-4-6-16(7-5-15)20(21,22)23/h4-7,10-11,18H,8-9,12H2,1-3H3/t18-/m1/s1. The first-order valence-corrected chi connectivity index (χ1v) is 10.4. The normalized spacial score (nSPS) is 18.6. The van der Waals surface area contributed by atoms with Crippen molar-refractivity contribution in [1.82, 2.24) is 4.31 Å². The second-order valence-electron chi connectivity index (χ2n) is 6.93. The van der Waals surface area contributed by atoms with Crippen LogP contribution in [0, 0.1) is 13.8 Å². The van der Waals surface area contributed by atoms with E-state index in [1.807, 2.05) is 13.8 Å². The molecule has 2 aromatic rings. The number of nitrogens with zero attached hydrogens (tertiary/aromatic N) is 1. The summed E-state index contributed by atoms with van der Waals surface area (Å²) in [6, 6.07) is 7.83. The summed E-state index contributed by atoms with van der Waals surface area (Å²) in [4.78, 5) is 0.0659. The van der Waals surface area contributed by atoms with Crippen LogP contribution < -0.4 is 4.74 Å². The predicted molar refractivity (Wildman–Crippen MR) is 101 cm³/mol. The van der Waals surface area contributed by atoms with Crippen molar-refractivity contribution in [2.75, 3.05) is 26.8 Å². The van der Waals surface area contributed by atoms with Crippen LogP contribution in [0.2, 0.25) is 0 Å². The minimum atomic E-state index is -4.43. The summed E-state index contributed by atoms with van der Waals surface area (Å²) < 4.78 is 77.0. The van der Waals surface area contributed by atoms with Crippen LogP contribution in [0.1, 0.15) is 28.4 Å². The number of rotatable bonds is 4. The van der Waals surface area contributed by atoms with Gasteiger partial charge < -0.3 is 9.47 Å². The van der Waals surface area contributed by atoms with Gasteiger partial charge in [-0.3, -0.25) is 0 Å². The van der Waals surface area contributed by atoms with E-state index in [1.54, 1.807) is 12.1 Å². The lowest BCUT2D eigenvalue weighted by atomic mass is 10.1. The molecule has 1 atom stereocenters. The molecule has 29 heavy (non-hydrogen) atoms. The molecule has 158 valence electrons. The minimum absolute atomic E-state index is 0.00375. The van der Waals surface area contributed by atoms with Crippen LogP contribution in [0.25, 0.3) is 0 Å². The van der Waals surface area contributed by atoms with E-state index < -0.39 is 27.9 Å². The fourth-order valence-corrected chi connectivity index (χ4v) is 4.84. The Morgan fingerprint density at radius 1 is 1.10 bits per heavy atom. The molecule has 1 aliphatic rings. The van der Waals surface area contributed by atoms with Gasteiger partial charge in [0, 0.05) is 13.1 Å². The Morgan fingerprint density at radius 2 is 1.72 bits per heavy atom. The van der Waals surface area contributed by atoms with Crippen molar-refractivity contribution in [3.63, 3.8) is 0 Å². The molecule has 1 saturated heterocycles. The molecule has 0 unspecified atom stereocenters. The number of hydrogen-bond acceptors (Lipinski definition) is 4. The summed E-state index contributed by atoms with van der Waals surface area (Å²) in [6.07, 6.45) is -5.08. The van der Waals surface area contributed by atoms with Gasteiger partial charge in [0.05, 0.1) is 25.4 Å². The number of alkyl halides is 3. The maximum Gasteiger partial charge on any atom is 0.416 e. The lowest BCUT2D eigenvalue weighted by Gasteiger charge is -2.33. The topological polar surface area (TPSA) is 55.8 Å². The number of morpholine rings is 1. The second kappa shape index (κ2) is 7.97. The zero-order chi connectivity index (χ0) is 21.4. The van der Waals surface area contributed by atoms with E-state index in [2.05, 4.69) is 0 Å². The number of sulfonamides is 1. The van der Waals surface area contributed by atoms with Crippen LogP contribution in [0.15, 0.2) is 41.3 Å². The lowest BCUT2D eigenvalue weighted by molar-refractivity contribution is -0.137. The average Bonchev–Trinajstić information content (AvgIpc) is 2.69. The Bertz CT molecular complexity index is 988. The van der Waals surface area contributed by atoms with E-state index in [0.717, 1.165) is 23.3 Å². The highest BCUT2D eigenvalue weighted by molar-refractivity contribution is 7.89. The zero-order valence-corrected chi connectivity index (χ0v) is 17.1. The van der Waals surface area contributed by atoms with Crippen molar-refractivity contribution in [3.8, 4) is 5.75 Å². The SMILES string of the molecule is COc1cc(C)c(C)cc1S(=O)(=O)N1CCO[C@@H](c2ccc(C(F)(F)F)cc2)C1. The van der Waals surface area contributed by atoms with Gasteiger partial charge in [-0.15, -0.1) is 0 Å². The fourth-order valence-electron chi connectivity index (χ4n) is 3.20. The van der Waals surface area contributed by atoms with Gasteiger partial charge in [-0.25, -0.2) is 8.42 Å². The van der Waals surface area contributed by atoms with E-state index in [4.69, 9.17) is 9.47 Å². The number of aryl methyl sites for hydroxylation is 2. The Hall–Kier alpha value is -2.10. The third-order valence-corrected chi connectivity index (χ3v) is 6.92. The van der Waals surface area contributed by atoms with Crippen molar-refractivity contribution in [2.24, 2.45) is 0 Å². The molecule has 2 aromatic carbocycles. The van der Waals surface area contributed by atoms with Crippen LogP contribution in [-0.4, -0.2) is 39.5 Å². The van der Waals surface area contributed by atoms with Crippen molar-refractivity contribution in [1.29, 1.82) is 0 Å². The predicted octanol–water partition coefficient (Wildman–Crippen LogP) is 4.09. The maximum absolute atomic E-state index is 13.2. The third kappa shape index (κ3) is 4.41. The maximum atomic E-state index is 13.2. The van der Waals surface area contributed by atoms with Gasteiger partial charge in [0.15, 0.2) is 0 Å². The summed E-state index contributed by atoms with van der Waals surface area (Å²) in [7, 11) is -2.46. The first-order chi connectivity index (χ1) is 13.5. The first kappa shape index (κ1) is 21.6. The summed E-state index contributed by atoms with van der Waals surface area (Å²) in [6.45, 7) is 3.97. The smallest absolute Gasteiger partial charge is 0.416 e. The summed E-state index contributed by atoms with van der Waals surface area (Å²) in [5.41, 5.74) is 1.45. The highest BCUT2D eigenvalue weighted by Crippen LogP contribution is 2.34. The fraction of sp³-hybridized carbons (Fsp3) is 0.400. The highest BCUT2D eigenvalue weighted by Gasteiger charge is 2.34. The first-order valence-electron chi connectivity index (χ1n) is 8.98. The summed E-state index contributed by atoms with van der Waals surface area (Å²) in [5.74, 6) is 0.255. The Kier molecular flexibility index (Phi) is 5.93. The van der Waals surface area contributed by atoms with E-state index in [1.165, 1.54) is 23.5 Å². The molecule has 0 amide bonds. The van der Waals surface area contributed by atoms with Gasteiger partial charge in [0.2, 0.25) is 10.0 Å². The van der Waals surface area contributed by atoms with Gasteiger partial charge in [-0.2, -0.15) is 17.5 Å². The minimum Gasteiger partial charge on any atom is -0.495 e. The van der Waals surface area contributed by atoms with Crippen molar-refractivity contribution < 1.29 is 31.1 Å². The van der Waals surface area contributed by atoms with Crippen molar-refractivity contribution in [3.05, 3.63) is 58.7 Å². The molecule has 0 saturated carbocycles. The van der Waals surface area contributed by atoms with Crippen LogP contribution in [0.4, 0.5) is 13.2 Å². The Balaban J connectivity index is 1.88. The van der Waals surface area contributed by atoms with Crippen LogP contribution >= 0.6 is 0 Å². The largest absolute Gasteiger partial charge is 0.495 e. The molecular formula is C20H22F3NO4S. The molecule has 1 heterocycles. The van der Waals surface area contributed by atoms with E-state index in [-0.39, 0.29) is 30.3 Å². The molecular weight excluding hydrogens is 407 g/mol. The van der Waals surface area contributed by atoms with Gasteiger partial charge >= 0.3 is 6.18 Å². The molecule has 0 radical (unpaired) electrons. The number of methoxy groups -OCH3 is 1.